The molecule has 1 saturated heterocycles. The van der Waals surface area contributed by atoms with Gasteiger partial charge < -0.3 is 14.4 Å². The number of benzene rings is 1. The SMILES string of the molecule is CCN(C(=O)COC(=O)/C(C#N)=C\c1ccc(OC)cc1)[C@@H]1CCS(=O)(=O)C1. The zero-order valence-electron chi connectivity index (χ0n) is 15.8. The number of carbonyl (C=O) groups excluding carboxylic acids is 2. The molecule has 0 aromatic heterocycles. The molecule has 0 spiro atoms. The second-order valence-corrected chi connectivity index (χ2v) is 8.48. The summed E-state index contributed by atoms with van der Waals surface area (Å²) in [5, 5.41) is 9.20. The molecule has 0 saturated carbocycles. The summed E-state index contributed by atoms with van der Waals surface area (Å²) in [5.74, 6) is -0.801. The van der Waals surface area contributed by atoms with Crippen LogP contribution in [0.4, 0.5) is 0 Å². The topological polar surface area (TPSA) is 114 Å². The van der Waals surface area contributed by atoms with Gasteiger partial charge in [-0.15, -0.1) is 0 Å². The number of hydrogen-bond donors (Lipinski definition) is 0. The molecule has 0 N–H and O–H groups in total. The Balaban J connectivity index is 1.99. The Kier molecular flexibility index (Phi) is 7.18. The Morgan fingerprint density at radius 3 is 2.50 bits per heavy atom. The number of carbonyl (C=O) groups is 2. The van der Waals surface area contributed by atoms with Crippen molar-refractivity contribution in [3.63, 3.8) is 0 Å². The second-order valence-electron chi connectivity index (χ2n) is 6.26. The van der Waals surface area contributed by atoms with E-state index in [0.717, 1.165) is 0 Å². The summed E-state index contributed by atoms with van der Waals surface area (Å²) < 4.78 is 33.3. The molecule has 1 heterocycles. The van der Waals surface area contributed by atoms with Crippen LogP contribution in [0, 0.1) is 11.3 Å². The first-order valence-electron chi connectivity index (χ1n) is 8.72. The second kappa shape index (κ2) is 9.37. The van der Waals surface area contributed by atoms with E-state index in [1.165, 1.54) is 18.1 Å². The van der Waals surface area contributed by atoms with E-state index < -0.39 is 34.4 Å². The van der Waals surface area contributed by atoms with Crippen molar-refractivity contribution < 1.29 is 27.5 Å². The number of nitrogens with zero attached hydrogens (tertiary/aromatic N) is 2. The molecule has 2 rings (SSSR count). The molecule has 1 aliphatic rings. The molecule has 0 aliphatic carbocycles. The van der Waals surface area contributed by atoms with Crippen molar-refractivity contribution in [2.45, 2.75) is 19.4 Å². The van der Waals surface area contributed by atoms with Crippen molar-refractivity contribution in [1.29, 1.82) is 5.26 Å². The van der Waals surface area contributed by atoms with Crippen LogP contribution < -0.4 is 4.74 Å². The van der Waals surface area contributed by atoms with Gasteiger partial charge >= 0.3 is 5.97 Å². The van der Waals surface area contributed by atoms with Crippen molar-refractivity contribution in [3.05, 3.63) is 35.4 Å². The number of nitriles is 1. The highest BCUT2D eigenvalue weighted by Gasteiger charge is 2.34. The summed E-state index contributed by atoms with van der Waals surface area (Å²) in [4.78, 5) is 25.9. The summed E-state index contributed by atoms with van der Waals surface area (Å²) in [6.45, 7) is 1.49. The van der Waals surface area contributed by atoms with E-state index in [9.17, 15) is 23.3 Å². The predicted molar refractivity (Wildman–Crippen MR) is 102 cm³/mol. The maximum absolute atomic E-state index is 12.4. The van der Waals surface area contributed by atoms with Crippen LogP contribution in [0.25, 0.3) is 6.08 Å². The van der Waals surface area contributed by atoms with Crippen LogP contribution in [-0.4, -0.2) is 63.0 Å². The molecular formula is C19H22N2O6S. The minimum absolute atomic E-state index is 0.0460. The van der Waals surface area contributed by atoms with Gasteiger partial charge in [-0.1, -0.05) is 12.1 Å². The van der Waals surface area contributed by atoms with Crippen molar-refractivity contribution >= 4 is 27.8 Å². The van der Waals surface area contributed by atoms with E-state index >= 15 is 0 Å². The maximum atomic E-state index is 12.4. The number of sulfone groups is 1. The molecule has 150 valence electrons. The zero-order valence-corrected chi connectivity index (χ0v) is 16.6. The van der Waals surface area contributed by atoms with E-state index in [2.05, 4.69) is 0 Å². The minimum Gasteiger partial charge on any atom is -0.497 e. The van der Waals surface area contributed by atoms with Gasteiger partial charge in [0, 0.05) is 12.6 Å². The zero-order chi connectivity index (χ0) is 20.7. The van der Waals surface area contributed by atoms with Gasteiger partial charge in [-0.05, 0) is 37.1 Å². The van der Waals surface area contributed by atoms with Gasteiger partial charge in [0.1, 0.15) is 17.4 Å². The number of ether oxygens (including phenoxy) is 2. The van der Waals surface area contributed by atoms with Gasteiger partial charge in [-0.2, -0.15) is 5.26 Å². The molecule has 1 aromatic carbocycles. The molecule has 1 aromatic rings. The lowest BCUT2D eigenvalue weighted by atomic mass is 10.1. The van der Waals surface area contributed by atoms with Gasteiger partial charge in [-0.25, -0.2) is 13.2 Å². The Bertz CT molecular complexity index is 899. The van der Waals surface area contributed by atoms with Gasteiger partial charge in [0.15, 0.2) is 16.4 Å². The van der Waals surface area contributed by atoms with Gasteiger partial charge in [0.2, 0.25) is 0 Å². The first-order valence-corrected chi connectivity index (χ1v) is 10.5. The number of hydrogen-bond acceptors (Lipinski definition) is 7. The largest absolute Gasteiger partial charge is 0.497 e. The highest BCUT2D eigenvalue weighted by molar-refractivity contribution is 7.91. The fourth-order valence-electron chi connectivity index (χ4n) is 2.95. The van der Waals surface area contributed by atoms with Crippen LogP contribution in [0.2, 0.25) is 0 Å². The van der Waals surface area contributed by atoms with Gasteiger partial charge in [0.05, 0.1) is 18.6 Å². The molecule has 0 bridgehead atoms. The molecule has 1 amide bonds. The monoisotopic (exact) mass is 406 g/mol. The fraction of sp³-hybridized carbons (Fsp3) is 0.421. The third kappa shape index (κ3) is 5.57. The lowest BCUT2D eigenvalue weighted by Crippen LogP contribution is -2.43. The molecule has 8 nitrogen and oxygen atoms in total. The van der Waals surface area contributed by atoms with E-state index in [4.69, 9.17) is 9.47 Å². The quantitative estimate of drug-likeness (QED) is 0.379. The molecular weight excluding hydrogens is 384 g/mol. The number of esters is 1. The fourth-order valence-corrected chi connectivity index (χ4v) is 4.68. The predicted octanol–water partition coefficient (Wildman–Crippen LogP) is 1.18. The lowest BCUT2D eigenvalue weighted by molar-refractivity contribution is -0.149. The third-order valence-corrected chi connectivity index (χ3v) is 6.15. The van der Waals surface area contributed by atoms with Crippen LogP contribution in [0.3, 0.4) is 0 Å². The van der Waals surface area contributed by atoms with E-state index in [1.807, 2.05) is 0 Å². The van der Waals surface area contributed by atoms with Gasteiger partial charge in [-0.3, -0.25) is 4.79 Å². The molecule has 9 heteroatoms. The highest BCUT2D eigenvalue weighted by Crippen LogP contribution is 2.18. The highest BCUT2D eigenvalue weighted by atomic mass is 32.2. The average Bonchev–Trinajstić information content (AvgIpc) is 3.04. The Morgan fingerprint density at radius 2 is 2.00 bits per heavy atom. The summed E-state index contributed by atoms with van der Waals surface area (Å²) in [7, 11) is -1.61. The standard InChI is InChI=1S/C19H22N2O6S/c1-3-21(16-8-9-28(24,25)13-16)18(22)12-27-19(23)15(11-20)10-14-4-6-17(26-2)7-5-14/h4-7,10,16H,3,8-9,12-13H2,1-2H3/b15-10-/t16-/m1/s1. The van der Waals surface area contributed by atoms with Crippen molar-refractivity contribution in [2.75, 3.05) is 31.8 Å². The van der Waals surface area contributed by atoms with E-state index in [1.54, 1.807) is 37.3 Å². The molecule has 0 unspecified atom stereocenters. The number of likely N-dealkylation sites (N-methyl/N-ethyl adjacent to an activating group) is 1. The Morgan fingerprint density at radius 1 is 1.32 bits per heavy atom. The summed E-state index contributed by atoms with van der Waals surface area (Å²) in [6, 6.07) is 8.07. The number of rotatable bonds is 7. The van der Waals surface area contributed by atoms with Crippen LogP contribution in [0.1, 0.15) is 18.9 Å². The Hall–Kier alpha value is -2.86. The molecule has 28 heavy (non-hydrogen) atoms. The lowest BCUT2D eigenvalue weighted by Gasteiger charge is -2.26. The summed E-state index contributed by atoms with van der Waals surface area (Å²) in [5.41, 5.74) is 0.358. The average molecular weight is 406 g/mol. The van der Waals surface area contributed by atoms with Crippen LogP contribution in [0.15, 0.2) is 29.8 Å². The normalized spacial score (nSPS) is 18.2. The molecule has 1 atom stereocenters. The number of methoxy groups -OCH3 is 1. The van der Waals surface area contributed by atoms with Gasteiger partial charge in [0.25, 0.3) is 5.91 Å². The Labute approximate surface area is 164 Å². The first kappa shape index (κ1) is 21.4. The minimum atomic E-state index is -3.14. The van der Waals surface area contributed by atoms with Crippen LogP contribution >= 0.6 is 0 Å². The molecule has 1 aliphatic heterocycles. The van der Waals surface area contributed by atoms with Crippen molar-refractivity contribution in [3.8, 4) is 11.8 Å². The smallest absolute Gasteiger partial charge is 0.349 e. The summed E-state index contributed by atoms with van der Waals surface area (Å²) >= 11 is 0. The summed E-state index contributed by atoms with van der Waals surface area (Å²) in [6.07, 6.45) is 1.73. The van der Waals surface area contributed by atoms with E-state index in [-0.39, 0.29) is 17.1 Å². The van der Waals surface area contributed by atoms with Crippen molar-refractivity contribution in [2.24, 2.45) is 0 Å². The van der Waals surface area contributed by atoms with Crippen LogP contribution in [-0.2, 0) is 24.2 Å². The molecule has 1 fully saturated rings. The maximum Gasteiger partial charge on any atom is 0.349 e. The number of amides is 1. The third-order valence-electron chi connectivity index (χ3n) is 4.40. The van der Waals surface area contributed by atoms with Crippen LogP contribution in [0.5, 0.6) is 5.75 Å². The first-order chi connectivity index (χ1) is 13.3. The molecule has 0 radical (unpaired) electrons. The van der Waals surface area contributed by atoms with E-state index in [0.29, 0.717) is 24.3 Å². The van der Waals surface area contributed by atoms with Crippen molar-refractivity contribution in [1.82, 2.24) is 4.90 Å².